The second kappa shape index (κ2) is 16.4. The van der Waals surface area contributed by atoms with Crippen LogP contribution >= 0.6 is 17.0 Å². The molecule has 2 saturated carbocycles. The van der Waals surface area contributed by atoms with E-state index in [1.807, 2.05) is 30.3 Å². The summed E-state index contributed by atoms with van der Waals surface area (Å²) in [7, 11) is 9.87. The van der Waals surface area contributed by atoms with Gasteiger partial charge in [0.25, 0.3) is 0 Å². The molecule has 1 N–H and O–H groups in total. The molecule has 258 valence electrons. The van der Waals surface area contributed by atoms with Gasteiger partial charge in [-0.15, -0.1) is 0 Å². The van der Waals surface area contributed by atoms with Crippen LogP contribution in [0.2, 0.25) is 0 Å². The van der Waals surface area contributed by atoms with Gasteiger partial charge in [0, 0.05) is 23.8 Å². The van der Waals surface area contributed by atoms with Gasteiger partial charge in [0.2, 0.25) is 0 Å². The zero-order chi connectivity index (χ0) is 35.3. The first-order chi connectivity index (χ1) is 24.2. The first-order valence-corrected chi connectivity index (χ1v) is 24.5. The summed E-state index contributed by atoms with van der Waals surface area (Å²) < 4.78 is 0. The van der Waals surface area contributed by atoms with Crippen LogP contribution in [-0.2, 0) is 26.3 Å². The van der Waals surface area contributed by atoms with Crippen molar-refractivity contribution < 1.29 is 26.0 Å². The van der Waals surface area contributed by atoms with E-state index in [1.54, 1.807) is 6.21 Å². The topological polar surface area (TPSA) is 32.6 Å². The number of aliphatic imine (C=N–C) groups is 1. The number of hydrogen-bond donors (Lipinski definition) is 1. The number of rotatable bonds is 6. The van der Waals surface area contributed by atoms with Gasteiger partial charge in [0.15, 0.2) is 0 Å². The summed E-state index contributed by atoms with van der Waals surface area (Å²) in [4.78, 5) is 4.65. The van der Waals surface area contributed by atoms with Gasteiger partial charge in [-0.2, -0.15) is 0 Å². The number of aromatic hydroxyl groups is 1. The molecule has 0 aromatic heterocycles. The molecule has 0 aliphatic heterocycles. The quantitative estimate of drug-likeness (QED) is 0.230. The van der Waals surface area contributed by atoms with Crippen LogP contribution in [0.5, 0.6) is 5.75 Å². The third kappa shape index (κ3) is 7.90. The summed E-state index contributed by atoms with van der Waals surface area (Å²) in [6, 6.07) is 14.0. The van der Waals surface area contributed by atoms with E-state index in [1.165, 1.54) is 12.8 Å². The first-order valence-electron chi connectivity index (χ1n) is 18.1. The van der Waals surface area contributed by atoms with Gasteiger partial charge in [-0.05, 0) is 113 Å². The summed E-state index contributed by atoms with van der Waals surface area (Å²) in [6.07, 6.45) is 35.2. The zero-order valence-corrected chi connectivity index (χ0v) is 33.6. The van der Waals surface area contributed by atoms with Crippen molar-refractivity contribution in [2.75, 3.05) is 0 Å². The van der Waals surface area contributed by atoms with Crippen molar-refractivity contribution in [3.8, 4) is 17.6 Å². The number of halogens is 2. The molecular formula is C45H49Cl2NOZr. The van der Waals surface area contributed by atoms with Crippen molar-refractivity contribution >= 4 is 28.9 Å². The number of phenolic OH excluding ortho intramolecular Hbond substituents is 1. The molecule has 5 heteroatoms. The van der Waals surface area contributed by atoms with Crippen LogP contribution in [0.3, 0.4) is 0 Å². The third-order valence-electron chi connectivity index (χ3n) is 12.0. The van der Waals surface area contributed by atoms with Gasteiger partial charge in [-0.3, -0.25) is 4.99 Å². The Hall–Kier alpha value is -2.63. The van der Waals surface area contributed by atoms with Crippen LogP contribution in [0, 0.1) is 64.6 Å². The van der Waals surface area contributed by atoms with Crippen molar-refractivity contribution in [3.05, 3.63) is 132 Å². The van der Waals surface area contributed by atoms with Crippen molar-refractivity contribution in [3.63, 3.8) is 0 Å². The molecule has 2 nitrogen and oxygen atoms in total. The Morgan fingerprint density at radius 2 is 1.36 bits per heavy atom. The maximum atomic E-state index is 10.8. The van der Waals surface area contributed by atoms with E-state index in [2.05, 4.69) is 130 Å². The second-order valence-electron chi connectivity index (χ2n) is 15.7. The van der Waals surface area contributed by atoms with E-state index in [0.29, 0.717) is 53.1 Å². The van der Waals surface area contributed by atoms with E-state index >= 15 is 0 Å². The van der Waals surface area contributed by atoms with E-state index in [4.69, 9.17) is 17.0 Å². The van der Waals surface area contributed by atoms with Gasteiger partial charge in [0.05, 0.1) is 5.69 Å². The number of fused-ring (bicyclic) bond motifs is 4. The van der Waals surface area contributed by atoms with E-state index < -0.39 is 20.8 Å². The van der Waals surface area contributed by atoms with Crippen LogP contribution < -0.4 is 0 Å². The molecule has 5 aliphatic carbocycles. The number of hydrogen-bond acceptors (Lipinski definition) is 2. The van der Waals surface area contributed by atoms with Gasteiger partial charge < -0.3 is 5.11 Å². The van der Waals surface area contributed by atoms with Gasteiger partial charge in [-0.1, -0.05) is 125 Å². The summed E-state index contributed by atoms with van der Waals surface area (Å²) >= 11 is -0.826. The fourth-order valence-electron chi connectivity index (χ4n) is 9.77. The molecule has 0 spiro atoms. The molecule has 7 rings (SSSR count). The molecule has 8 unspecified atom stereocenters. The number of phenols is 1. The molecule has 0 bridgehead atoms. The first kappa shape index (κ1) is 37.1. The Morgan fingerprint density at radius 3 is 1.98 bits per heavy atom. The number of allylic oxidation sites excluding steroid dienone is 12. The van der Waals surface area contributed by atoms with Crippen molar-refractivity contribution in [1.82, 2.24) is 0 Å². The normalized spacial score (nSPS) is 29.7. The molecule has 0 heterocycles. The average Bonchev–Trinajstić information content (AvgIpc) is 3.71. The monoisotopic (exact) mass is 779 g/mol. The molecule has 2 aromatic carbocycles. The molecule has 0 radical (unpaired) electrons. The minimum absolute atomic E-state index is 0.133. The second-order valence-corrected chi connectivity index (χ2v) is 19.5. The average molecular weight is 782 g/mol. The van der Waals surface area contributed by atoms with Gasteiger partial charge in [-0.25, -0.2) is 0 Å². The van der Waals surface area contributed by atoms with Crippen LogP contribution in [0.25, 0.3) is 0 Å². The Labute approximate surface area is 318 Å². The van der Waals surface area contributed by atoms with Crippen LogP contribution in [0.15, 0.2) is 120 Å². The van der Waals surface area contributed by atoms with Crippen molar-refractivity contribution in [1.29, 1.82) is 0 Å². The molecule has 2 fully saturated rings. The molecule has 50 heavy (non-hydrogen) atoms. The maximum absolute atomic E-state index is 10.8. The Kier molecular flexibility index (Phi) is 12.2. The number of nitrogens with zero attached hydrogens (tertiary/aromatic N) is 1. The van der Waals surface area contributed by atoms with E-state index in [-0.39, 0.29) is 10.8 Å². The number of benzene rings is 2. The Balaban J connectivity index is 0.00000139. The summed E-state index contributed by atoms with van der Waals surface area (Å²) in [5, 5.41) is 10.8. The van der Waals surface area contributed by atoms with Crippen molar-refractivity contribution in [2.45, 2.75) is 58.8 Å². The minimum atomic E-state index is -0.826. The van der Waals surface area contributed by atoms with E-state index in [0.717, 1.165) is 35.2 Å². The summed E-state index contributed by atoms with van der Waals surface area (Å²) in [6.45, 7) is 8.96. The molecule has 0 saturated heterocycles. The Morgan fingerprint density at radius 1 is 0.780 bits per heavy atom. The Bertz CT molecular complexity index is 1750. The fraction of sp³-hybridized carbons (Fsp3) is 0.400. The van der Waals surface area contributed by atoms with Gasteiger partial charge >= 0.3 is 37.9 Å². The molecule has 0 amide bonds. The van der Waals surface area contributed by atoms with Gasteiger partial charge in [0.1, 0.15) is 5.75 Å². The van der Waals surface area contributed by atoms with Crippen LogP contribution in [-0.4, -0.2) is 11.3 Å². The van der Waals surface area contributed by atoms with E-state index in [9.17, 15) is 5.11 Å². The van der Waals surface area contributed by atoms with Crippen LogP contribution in [0.4, 0.5) is 5.69 Å². The zero-order valence-electron chi connectivity index (χ0n) is 29.6. The third-order valence-corrected chi connectivity index (χ3v) is 12.0. The molecule has 5 aliphatic rings. The molecule has 2 aromatic rings. The SMILES string of the molecule is CC(C)(C)c1cccc(C=Nc2ccc(C#CCCC(C)(C3CCC4C=CC=CC43)C3C4C=CC=CC4C4C=CC=CC43)cc2)c1O.[Cl][Zr][Cl]. The van der Waals surface area contributed by atoms with Crippen LogP contribution in [0.1, 0.15) is 70.1 Å². The molecule has 8 atom stereocenters. The summed E-state index contributed by atoms with van der Waals surface area (Å²) in [5.41, 5.74) is 3.58. The molecular weight excluding hydrogens is 733 g/mol. The predicted molar refractivity (Wildman–Crippen MR) is 208 cm³/mol. The summed E-state index contributed by atoms with van der Waals surface area (Å²) in [5.74, 6) is 12.3. The van der Waals surface area contributed by atoms with Crippen molar-refractivity contribution in [2.24, 2.45) is 57.8 Å². The fourth-order valence-corrected chi connectivity index (χ4v) is 9.77. The standard InChI is InChI=1S/C45H49NO.2ClH.Zr/c1-44(2,3)41-22-13-16-33(43(41)47)30-46-34-26-23-31(24-27-34)14-11-12-29-45(4,40-28-25-32-15-5-6-17-35(32)40)42-38-20-9-7-18-36(38)37-19-8-10-21-39(37)42;;;/h5-10,13,15-24,26-27,30,32,35-40,42,47H,12,25,28-29H2,1-4H3;2*1H;/q;;;+2/p-2. The predicted octanol–water partition coefficient (Wildman–Crippen LogP) is 12.1. The number of para-hydroxylation sites is 1.